The van der Waals surface area contributed by atoms with E-state index in [2.05, 4.69) is 37.4 Å². The first kappa shape index (κ1) is 15.7. The zero-order chi connectivity index (χ0) is 15.6. The van der Waals surface area contributed by atoms with Crippen LogP contribution < -0.4 is 5.32 Å². The molecule has 0 amide bonds. The normalized spacial score (nSPS) is 23.7. The molecule has 0 bridgehead atoms. The van der Waals surface area contributed by atoms with Crippen molar-refractivity contribution < 1.29 is 0 Å². The van der Waals surface area contributed by atoms with Crippen LogP contribution in [0.3, 0.4) is 0 Å². The Kier molecular flexibility index (Phi) is 4.78. The maximum absolute atomic E-state index is 8.33. The summed E-state index contributed by atoms with van der Waals surface area (Å²) in [7, 11) is 0. The lowest BCUT2D eigenvalue weighted by Crippen LogP contribution is -2.38. The van der Waals surface area contributed by atoms with Gasteiger partial charge in [-0.15, -0.1) is 0 Å². The van der Waals surface area contributed by atoms with Gasteiger partial charge in [-0.25, -0.2) is 0 Å². The van der Waals surface area contributed by atoms with E-state index < -0.39 is 0 Å². The number of nitrogens with one attached hydrogen (secondary N) is 3. The summed E-state index contributed by atoms with van der Waals surface area (Å²) in [6, 6.07) is 0.709. The lowest BCUT2D eigenvalue weighted by Gasteiger charge is -2.24. The molecule has 2 atom stereocenters. The lowest BCUT2D eigenvalue weighted by atomic mass is 9.95. The van der Waals surface area contributed by atoms with Crippen LogP contribution in [0.2, 0.25) is 0 Å². The van der Waals surface area contributed by atoms with Gasteiger partial charge < -0.3 is 10.2 Å². The molecule has 0 radical (unpaired) electrons. The quantitative estimate of drug-likeness (QED) is 0.679. The van der Waals surface area contributed by atoms with E-state index in [1.54, 1.807) is 4.90 Å². The van der Waals surface area contributed by atoms with Crippen molar-refractivity contribution in [2.75, 3.05) is 0 Å². The topological polar surface area (TPSA) is 63.0 Å². The Morgan fingerprint density at radius 1 is 1.33 bits per heavy atom. The molecule has 3 N–H and O–H groups in total. The summed E-state index contributed by atoms with van der Waals surface area (Å²) in [5.41, 5.74) is 1.92. The van der Waals surface area contributed by atoms with Gasteiger partial charge in [-0.1, -0.05) is 31.2 Å². The van der Waals surface area contributed by atoms with Crippen molar-refractivity contribution in [3.8, 4) is 0 Å². The van der Waals surface area contributed by atoms with Crippen LogP contribution in [-0.2, 0) is 0 Å². The van der Waals surface area contributed by atoms with Crippen LogP contribution in [0.5, 0.6) is 0 Å². The van der Waals surface area contributed by atoms with E-state index in [-0.39, 0.29) is 12.1 Å². The first-order valence-corrected chi connectivity index (χ1v) is 7.76. The molecule has 21 heavy (non-hydrogen) atoms. The number of rotatable bonds is 5. The van der Waals surface area contributed by atoms with Crippen LogP contribution in [-0.4, -0.2) is 34.7 Å². The van der Waals surface area contributed by atoms with Crippen LogP contribution in [0.1, 0.15) is 40.5 Å². The Labute approximate surface area is 127 Å². The highest BCUT2D eigenvalue weighted by Crippen LogP contribution is 2.31. The molecule has 4 nitrogen and oxygen atoms in total. The van der Waals surface area contributed by atoms with E-state index in [1.807, 2.05) is 19.9 Å². The molecule has 2 aliphatic rings. The fraction of sp³-hybridized carbons (Fsp3) is 0.529. The number of amidine groups is 2. The van der Waals surface area contributed by atoms with Gasteiger partial charge >= 0.3 is 0 Å². The Bertz CT molecular complexity index is 525. The maximum Gasteiger partial charge on any atom is 0.134 e. The van der Waals surface area contributed by atoms with Gasteiger partial charge in [0.25, 0.3) is 0 Å². The van der Waals surface area contributed by atoms with Gasteiger partial charge in [-0.3, -0.25) is 10.8 Å². The minimum absolute atomic E-state index is 0.154. The van der Waals surface area contributed by atoms with Gasteiger partial charge in [-0.2, -0.15) is 0 Å². The molecule has 2 unspecified atom stereocenters. The zero-order valence-corrected chi connectivity index (χ0v) is 13.4. The van der Waals surface area contributed by atoms with E-state index in [0.29, 0.717) is 17.7 Å². The largest absolute Gasteiger partial charge is 0.309 e. The van der Waals surface area contributed by atoms with Crippen molar-refractivity contribution in [3.63, 3.8) is 0 Å². The Morgan fingerprint density at radius 3 is 2.67 bits per heavy atom. The number of hydrogen-bond acceptors (Lipinski definition) is 3. The zero-order valence-electron chi connectivity index (χ0n) is 13.4. The molecule has 1 aliphatic heterocycles. The fourth-order valence-corrected chi connectivity index (χ4v) is 2.91. The summed E-state index contributed by atoms with van der Waals surface area (Å²) in [6.07, 6.45) is 10.3. The second-order valence-corrected chi connectivity index (χ2v) is 6.01. The van der Waals surface area contributed by atoms with Gasteiger partial charge in [0.05, 0.1) is 0 Å². The minimum Gasteiger partial charge on any atom is -0.309 e. The highest BCUT2D eigenvalue weighted by atomic mass is 15.2. The van der Waals surface area contributed by atoms with E-state index in [9.17, 15) is 0 Å². The molecule has 0 aromatic rings. The fourth-order valence-electron chi connectivity index (χ4n) is 2.91. The molecule has 0 spiro atoms. The Hall–Kier alpha value is -1.68. The average molecular weight is 286 g/mol. The second kappa shape index (κ2) is 6.39. The van der Waals surface area contributed by atoms with E-state index in [1.165, 1.54) is 0 Å². The molecular weight excluding hydrogens is 260 g/mol. The third-order valence-corrected chi connectivity index (χ3v) is 3.92. The Morgan fingerprint density at radius 2 is 2.05 bits per heavy atom. The summed E-state index contributed by atoms with van der Waals surface area (Å²) < 4.78 is 0. The SMILES string of the molecule is CC/C=C\C(C)NC1C=CC2=C(C1)C(=N)N(C(C)C)C2=N. The first-order chi connectivity index (χ1) is 9.95. The Balaban J connectivity index is 2.07. The third kappa shape index (κ3) is 3.16. The molecule has 1 heterocycles. The summed E-state index contributed by atoms with van der Waals surface area (Å²) in [5.74, 6) is 0.969. The van der Waals surface area contributed by atoms with Crippen molar-refractivity contribution in [2.45, 2.75) is 58.7 Å². The highest BCUT2D eigenvalue weighted by Gasteiger charge is 2.35. The van der Waals surface area contributed by atoms with Crippen molar-refractivity contribution >= 4 is 11.7 Å². The standard InChI is InChI=1S/C17H26N4/c1-5-6-7-12(4)20-13-8-9-14-15(10-13)17(19)21(11(2)3)16(14)18/h6-9,11-13,18-20H,5,10H2,1-4H3/b7-6-,18-16?,19-17?. The lowest BCUT2D eigenvalue weighted by molar-refractivity contribution is 0.499. The first-order valence-electron chi connectivity index (χ1n) is 7.76. The molecule has 2 rings (SSSR count). The van der Waals surface area contributed by atoms with Gasteiger partial charge in [0, 0.05) is 29.3 Å². The van der Waals surface area contributed by atoms with Gasteiger partial charge in [0.1, 0.15) is 11.7 Å². The van der Waals surface area contributed by atoms with E-state index in [0.717, 1.165) is 24.0 Å². The van der Waals surface area contributed by atoms with Crippen LogP contribution in [0.4, 0.5) is 0 Å². The van der Waals surface area contributed by atoms with Crippen LogP contribution >= 0.6 is 0 Å². The van der Waals surface area contributed by atoms with Gasteiger partial charge in [-0.05, 0) is 33.6 Å². The predicted octanol–water partition coefficient (Wildman–Crippen LogP) is 3.23. The number of hydrogen-bond donors (Lipinski definition) is 3. The summed E-state index contributed by atoms with van der Waals surface area (Å²) in [4.78, 5) is 1.80. The smallest absolute Gasteiger partial charge is 0.134 e. The molecule has 0 aromatic carbocycles. The predicted molar refractivity (Wildman–Crippen MR) is 89.0 cm³/mol. The van der Waals surface area contributed by atoms with Crippen LogP contribution in [0, 0.1) is 10.8 Å². The molecule has 4 heteroatoms. The summed E-state index contributed by atoms with van der Waals surface area (Å²) in [5, 5.41) is 20.1. The summed E-state index contributed by atoms with van der Waals surface area (Å²) in [6.45, 7) is 8.33. The average Bonchev–Trinajstić information content (AvgIpc) is 2.68. The van der Waals surface area contributed by atoms with Crippen molar-refractivity contribution in [1.82, 2.24) is 10.2 Å². The minimum atomic E-state index is 0.154. The molecule has 1 aliphatic carbocycles. The van der Waals surface area contributed by atoms with Crippen molar-refractivity contribution in [3.05, 3.63) is 35.5 Å². The molecule has 114 valence electrons. The van der Waals surface area contributed by atoms with E-state index >= 15 is 0 Å². The second-order valence-electron chi connectivity index (χ2n) is 6.01. The molecule has 0 aromatic heterocycles. The highest BCUT2D eigenvalue weighted by molar-refractivity contribution is 6.23. The molecule has 0 saturated heterocycles. The monoisotopic (exact) mass is 286 g/mol. The molecule has 0 fully saturated rings. The maximum atomic E-state index is 8.33. The van der Waals surface area contributed by atoms with Crippen molar-refractivity contribution in [1.29, 1.82) is 10.8 Å². The number of allylic oxidation sites excluding steroid dienone is 1. The van der Waals surface area contributed by atoms with Gasteiger partial charge in [0.15, 0.2) is 0 Å². The van der Waals surface area contributed by atoms with Crippen molar-refractivity contribution in [2.24, 2.45) is 0 Å². The molecule has 0 saturated carbocycles. The molecular formula is C17H26N4. The number of nitrogens with zero attached hydrogens (tertiary/aromatic N) is 1. The summed E-state index contributed by atoms with van der Waals surface area (Å²) >= 11 is 0. The van der Waals surface area contributed by atoms with Gasteiger partial charge in [0.2, 0.25) is 0 Å². The van der Waals surface area contributed by atoms with Crippen LogP contribution in [0.25, 0.3) is 0 Å². The third-order valence-electron chi connectivity index (χ3n) is 3.92. The van der Waals surface area contributed by atoms with E-state index in [4.69, 9.17) is 10.8 Å². The van der Waals surface area contributed by atoms with Crippen LogP contribution in [0.15, 0.2) is 35.5 Å².